The van der Waals surface area contributed by atoms with Gasteiger partial charge in [0.25, 0.3) is 0 Å². The lowest BCUT2D eigenvalue weighted by Crippen LogP contribution is -2.20. The van der Waals surface area contributed by atoms with Crippen LogP contribution in [0.1, 0.15) is 18.2 Å². The molecule has 0 bridgehead atoms. The van der Waals surface area contributed by atoms with Gasteiger partial charge in [-0.05, 0) is 25.1 Å². The van der Waals surface area contributed by atoms with Crippen LogP contribution in [-0.2, 0) is 4.74 Å². The summed E-state index contributed by atoms with van der Waals surface area (Å²) in [6.07, 6.45) is 3.02. The first-order valence-corrected chi connectivity index (χ1v) is 4.70. The summed E-state index contributed by atoms with van der Waals surface area (Å²) in [5.41, 5.74) is 1.02. The van der Waals surface area contributed by atoms with Crippen molar-refractivity contribution < 1.29 is 4.74 Å². The molecule has 1 atom stereocenters. The Balaban J connectivity index is 2.06. The summed E-state index contributed by atoms with van der Waals surface area (Å²) in [4.78, 5) is 4.28. The molecule has 70 valence electrons. The molecule has 2 heterocycles. The summed E-state index contributed by atoms with van der Waals surface area (Å²) in [6, 6.07) is 5.93. The number of nitrogens with zero attached hydrogens (tertiary/aromatic N) is 1. The van der Waals surface area contributed by atoms with E-state index in [1.165, 1.54) is 0 Å². The SMILES string of the molecule is c1ccc([C@H]2CNCCCO2)nc1. The van der Waals surface area contributed by atoms with Crippen LogP contribution in [0.5, 0.6) is 0 Å². The second-order valence-electron chi connectivity index (χ2n) is 3.17. The predicted octanol–water partition coefficient (Wildman–Crippen LogP) is 1.13. The molecule has 13 heavy (non-hydrogen) atoms. The first-order chi connectivity index (χ1) is 6.47. The lowest BCUT2D eigenvalue weighted by molar-refractivity contribution is 0.0639. The molecule has 1 aromatic heterocycles. The Morgan fingerprint density at radius 2 is 2.46 bits per heavy atom. The number of ether oxygens (including phenoxy) is 1. The zero-order valence-corrected chi connectivity index (χ0v) is 7.57. The van der Waals surface area contributed by atoms with Gasteiger partial charge in [0.05, 0.1) is 5.69 Å². The highest BCUT2D eigenvalue weighted by Crippen LogP contribution is 2.15. The first-order valence-electron chi connectivity index (χ1n) is 4.70. The minimum absolute atomic E-state index is 0.128. The average molecular weight is 178 g/mol. The monoisotopic (exact) mass is 178 g/mol. The van der Waals surface area contributed by atoms with Crippen LogP contribution in [0.2, 0.25) is 0 Å². The van der Waals surface area contributed by atoms with Gasteiger partial charge >= 0.3 is 0 Å². The smallest absolute Gasteiger partial charge is 0.112 e. The molecule has 1 saturated heterocycles. The van der Waals surface area contributed by atoms with E-state index in [1.807, 2.05) is 24.4 Å². The molecule has 1 aliphatic rings. The van der Waals surface area contributed by atoms with Crippen molar-refractivity contribution in [3.8, 4) is 0 Å². The van der Waals surface area contributed by atoms with Crippen molar-refractivity contribution in [2.75, 3.05) is 19.7 Å². The quantitative estimate of drug-likeness (QED) is 0.700. The van der Waals surface area contributed by atoms with Crippen LogP contribution in [0, 0.1) is 0 Å². The molecule has 3 nitrogen and oxygen atoms in total. The fourth-order valence-electron chi connectivity index (χ4n) is 1.47. The van der Waals surface area contributed by atoms with Gasteiger partial charge in [0, 0.05) is 19.3 Å². The summed E-state index contributed by atoms with van der Waals surface area (Å²) in [5, 5.41) is 3.33. The van der Waals surface area contributed by atoms with Crippen molar-refractivity contribution in [1.29, 1.82) is 0 Å². The summed E-state index contributed by atoms with van der Waals surface area (Å²) in [6.45, 7) is 2.74. The zero-order chi connectivity index (χ0) is 8.93. The molecule has 0 aromatic carbocycles. The molecule has 0 unspecified atom stereocenters. The van der Waals surface area contributed by atoms with E-state index in [0.29, 0.717) is 0 Å². The molecule has 3 heteroatoms. The molecule has 1 aromatic rings. The van der Waals surface area contributed by atoms with E-state index >= 15 is 0 Å². The molecule has 0 aliphatic carbocycles. The third-order valence-corrected chi connectivity index (χ3v) is 2.16. The number of hydrogen-bond acceptors (Lipinski definition) is 3. The molecule has 0 radical (unpaired) electrons. The molecule has 1 fully saturated rings. The van der Waals surface area contributed by atoms with Crippen LogP contribution < -0.4 is 5.32 Å². The highest BCUT2D eigenvalue weighted by atomic mass is 16.5. The van der Waals surface area contributed by atoms with Crippen molar-refractivity contribution in [3.63, 3.8) is 0 Å². The van der Waals surface area contributed by atoms with Crippen molar-refractivity contribution in [3.05, 3.63) is 30.1 Å². The Kier molecular flexibility index (Phi) is 2.90. The van der Waals surface area contributed by atoms with E-state index in [1.54, 1.807) is 0 Å². The first kappa shape index (κ1) is 8.66. The van der Waals surface area contributed by atoms with Crippen molar-refractivity contribution in [2.24, 2.45) is 0 Å². The fraction of sp³-hybridized carbons (Fsp3) is 0.500. The third kappa shape index (κ3) is 2.26. The van der Waals surface area contributed by atoms with Crippen LogP contribution >= 0.6 is 0 Å². The van der Waals surface area contributed by atoms with Crippen LogP contribution in [0.15, 0.2) is 24.4 Å². The van der Waals surface area contributed by atoms with Gasteiger partial charge in [0.2, 0.25) is 0 Å². The summed E-state index contributed by atoms with van der Waals surface area (Å²) in [5.74, 6) is 0. The van der Waals surface area contributed by atoms with Gasteiger partial charge in [-0.25, -0.2) is 0 Å². The van der Waals surface area contributed by atoms with E-state index < -0.39 is 0 Å². The van der Waals surface area contributed by atoms with Gasteiger partial charge in [0.1, 0.15) is 6.10 Å². The van der Waals surface area contributed by atoms with E-state index in [9.17, 15) is 0 Å². The van der Waals surface area contributed by atoms with Crippen LogP contribution in [0.3, 0.4) is 0 Å². The van der Waals surface area contributed by atoms with Crippen molar-refractivity contribution in [1.82, 2.24) is 10.3 Å². The molecule has 0 amide bonds. The van der Waals surface area contributed by atoms with Crippen LogP contribution in [0.4, 0.5) is 0 Å². The Bertz CT molecular complexity index is 242. The second-order valence-corrected chi connectivity index (χ2v) is 3.17. The van der Waals surface area contributed by atoms with Gasteiger partial charge in [-0.2, -0.15) is 0 Å². The van der Waals surface area contributed by atoms with Gasteiger partial charge in [-0.15, -0.1) is 0 Å². The maximum Gasteiger partial charge on any atom is 0.112 e. The molecule has 1 aliphatic heterocycles. The van der Waals surface area contributed by atoms with Crippen molar-refractivity contribution >= 4 is 0 Å². The normalized spacial score (nSPS) is 23.8. The summed E-state index contributed by atoms with van der Waals surface area (Å²) in [7, 11) is 0. The Morgan fingerprint density at radius 3 is 3.31 bits per heavy atom. The highest BCUT2D eigenvalue weighted by Gasteiger charge is 2.14. The maximum absolute atomic E-state index is 5.66. The Hall–Kier alpha value is -0.930. The lowest BCUT2D eigenvalue weighted by Gasteiger charge is -2.13. The Labute approximate surface area is 78.1 Å². The second kappa shape index (κ2) is 4.35. The molecule has 0 spiro atoms. The van der Waals surface area contributed by atoms with Crippen LogP contribution in [0.25, 0.3) is 0 Å². The van der Waals surface area contributed by atoms with Gasteiger partial charge in [-0.3, -0.25) is 4.98 Å². The average Bonchev–Trinajstić information content (AvgIpc) is 2.47. The lowest BCUT2D eigenvalue weighted by atomic mass is 10.2. The molecular formula is C10H14N2O. The van der Waals surface area contributed by atoms with Crippen LogP contribution in [-0.4, -0.2) is 24.7 Å². The van der Waals surface area contributed by atoms with Gasteiger partial charge in [-0.1, -0.05) is 6.07 Å². The van der Waals surface area contributed by atoms with Gasteiger partial charge < -0.3 is 10.1 Å². The highest BCUT2D eigenvalue weighted by molar-refractivity contribution is 5.07. The topological polar surface area (TPSA) is 34.1 Å². The maximum atomic E-state index is 5.66. The van der Waals surface area contributed by atoms with E-state index in [2.05, 4.69) is 10.3 Å². The number of hydrogen-bond donors (Lipinski definition) is 1. The largest absolute Gasteiger partial charge is 0.371 e. The van der Waals surface area contributed by atoms with E-state index in [-0.39, 0.29) is 6.10 Å². The number of aromatic nitrogens is 1. The fourth-order valence-corrected chi connectivity index (χ4v) is 1.47. The molecule has 2 rings (SSSR count). The predicted molar refractivity (Wildman–Crippen MR) is 50.4 cm³/mol. The van der Waals surface area contributed by atoms with Crippen molar-refractivity contribution in [2.45, 2.75) is 12.5 Å². The standard InChI is InChI=1S/C10H14N2O/c1-2-6-12-9(4-1)10-8-11-5-3-7-13-10/h1-2,4,6,10-11H,3,5,7-8H2/t10-/m1/s1. The third-order valence-electron chi connectivity index (χ3n) is 2.16. The minimum atomic E-state index is 0.128. The minimum Gasteiger partial charge on any atom is -0.371 e. The number of pyridine rings is 1. The van der Waals surface area contributed by atoms with E-state index in [4.69, 9.17) is 4.74 Å². The Morgan fingerprint density at radius 1 is 1.46 bits per heavy atom. The molecule has 1 N–H and O–H groups in total. The van der Waals surface area contributed by atoms with Gasteiger partial charge in [0.15, 0.2) is 0 Å². The summed E-state index contributed by atoms with van der Waals surface area (Å²) < 4.78 is 5.66. The number of rotatable bonds is 1. The molecule has 0 saturated carbocycles. The zero-order valence-electron chi connectivity index (χ0n) is 7.57. The number of nitrogens with one attached hydrogen (secondary N) is 1. The summed E-state index contributed by atoms with van der Waals surface area (Å²) >= 11 is 0. The molecular weight excluding hydrogens is 164 g/mol. The van der Waals surface area contributed by atoms with E-state index in [0.717, 1.165) is 31.8 Å².